The van der Waals surface area contributed by atoms with E-state index in [9.17, 15) is 0 Å². The SMILES string of the molecule is CC1(C)c2c[c-]c(-c3nc4cc5ccccc5cc4n3-c3cccc4ccccc34)cc2-c2cc(-c3ccccc3)ccc21.[2H]C([2H])(c1cc(-c2[c-]cccc2)nc[c]1[Ge]([CH3])([CH3])[CH3])C1CCCCC1.[Ir]. The fourth-order valence-corrected chi connectivity index (χ4v) is 13.5. The largest absolute Gasteiger partial charge is 0 e. The van der Waals surface area contributed by atoms with Crippen molar-refractivity contribution >= 4 is 50.2 Å². The summed E-state index contributed by atoms with van der Waals surface area (Å²) in [5.74, 6) is 8.00. The van der Waals surface area contributed by atoms with Crippen LogP contribution in [0.25, 0.3) is 83.2 Å². The molecular weight excluding hydrogens is 1060 g/mol. The van der Waals surface area contributed by atoms with Gasteiger partial charge in [0.1, 0.15) is 0 Å². The molecule has 0 atom stereocenters. The van der Waals surface area contributed by atoms with E-state index in [1.165, 1.54) is 65.7 Å². The maximum atomic E-state index is 9.00. The molecule has 1 saturated carbocycles. The van der Waals surface area contributed by atoms with E-state index in [1.807, 2.05) is 36.5 Å². The average Bonchev–Trinajstić information content (AvgIpc) is 3.86. The van der Waals surface area contributed by atoms with Gasteiger partial charge in [-0.1, -0.05) is 123 Å². The van der Waals surface area contributed by atoms with Crippen molar-refractivity contribution in [1.82, 2.24) is 14.5 Å². The number of hydrogen-bond acceptors (Lipinski definition) is 2. The minimum absolute atomic E-state index is 0. The van der Waals surface area contributed by atoms with Gasteiger partial charge in [-0.05, 0) is 68.1 Å². The molecule has 0 bridgehead atoms. The topological polar surface area (TPSA) is 30.7 Å². The molecule has 2 aliphatic carbocycles. The molecule has 0 unspecified atom stereocenters. The summed E-state index contributed by atoms with van der Waals surface area (Å²) in [7, 11) is 0. The number of benzene rings is 8. The van der Waals surface area contributed by atoms with Crippen molar-refractivity contribution in [2.45, 2.75) is 75.0 Å². The Morgan fingerprint density at radius 3 is 2.13 bits per heavy atom. The minimum Gasteiger partial charge on any atom is 0 e. The van der Waals surface area contributed by atoms with Crippen LogP contribution in [0.3, 0.4) is 0 Å². The summed E-state index contributed by atoms with van der Waals surface area (Å²) in [4.78, 5) is 10.0. The maximum absolute atomic E-state index is 9.00. The van der Waals surface area contributed by atoms with Crippen molar-refractivity contribution in [1.29, 1.82) is 0 Å². The van der Waals surface area contributed by atoms with E-state index in [0.717, 1.165) is 70.6 Å². The second-order valence-electron chi connectivity index (χ2n) is 20.0. The van der Waals surface area contributed by atoms with Crippen molar-refractivity contribution in [2.75, 3.05) is 0 Å². The van der Waals surface area contributed by atoms with Gasteiger partial charge < -0.3 is 4.57 Å². The van der Waals surface area contributed by atoms with Gasteiger partial charge in [-0.25, -0.2) is 0 Å². The molecule has 0 spiro atoms. The Morgan fingerprint density at radius 1 is 0.662 bits per heavy atom. The van der Waals surface area contributed by atoms with Crippen molar-refractivity contribution in [3.05, 3.63) is 205 Å². The molecule has 0 aliphatic heterocycles. The molecule has 1 radical (unpaired) electrons. The zero-order valence-electron chi connectivity index (χ0n) is 41.5. The molecule has 12 rings (SSSR count). The minimum atomic E-state index is -2.23. The Balaban J connectivity index is 0.000000187. The molecule has 2 aromatic heterocycles. The Labute approximate surface area is 421 Å². The van der Waals surface area contributed by atoms with Gasteiger partial charge in [-0.15, -0.1) is 29.3 Å². The van der Waals surface area contributed by atoms with Crippen LogP contribution in [-0.2, 0) is 31.9 Å². The number of fused-ring (bicyclic) bond motifs is 6. The smallest absolute Gasteiger partial charge is 0 e. The zero-order chi connectivity index (χ0) is 47.5. The number of pyridine rings is 1. The molecule has 68 heavy (non-hydrogen) atoms. The third-order valence-electron chi connectivity index (χ3n) is 14.1. The van der Waals surface area contributed by atoms with E-state index in [-0.39, 0.29) is 31.4 Å². The van der Waals surface area contributed by atoms with Gasteiger partial charge in [0.05, 0.1) is 16.9 Å². The summed E-state index contributed by atoms with van der Waals surface area (Å²) in [5.41, 5.74) is 14.4. The van der Waals surface area contributed by atoms with Crippen LogP contribution in [0.1, 0.15) is 65.4 Å². The molecule has 3 nitrogen and oxygen atoms in total. The Hall–Kier alpha value is -5.91. The molecule has 0 saturated heterocycles. The van der Waals surface area contributed by atoms with Gasteiger partial charge in [-0.2, -0.15) is 0 Å². The van der Waals surface area contributed by atoms with Gasteiger partial charge >= 0.3 is 146 Å². The van der Waals surface area contributed by atoms with Crippen LogP contribution in [0.15, 0.2) is 176 Å². The molecule has 0 N–H and O–H groups in total. The number of imidazole rings is 1. The van der Waals surface area contributed by atoms with Crippen LogP contribution >= 0.6 is 0 Å². The van der Waals surface area contributed by atoms with Crippen LogP contribution in [0.5, 0.6) is 0 Å². The standard InChI is InChI=1S/C42H29N2.C21H28GeN.Ir/c1-42(2)36-21-19-31(27-11-4-3-5-12-27)23-34(36)35-24-32(20-22-37(35)42)41-43-38-25-29-14-6-7-15-30(29)26-40(38)44(41)39-18-10-16-28-13-8-9-17-33(28)39;1-22(2,3)20-16-23-21(18-12-8-5-9-13-18)15-19(20)14-17-10-6-4-7-11-17;/h3-19,21-26H,1-2H3;5,8-9,12,15-17H,4,6-7,10-11,14H2,1-3H3;/q2*-1;/i;14D2;. The first-order valence-electron chi connectivity index (χ1n) is 25.0. The molecule has 8 aromatic carbocycles. The molecule has 10 aromatic rings. The summed E-state index contributed by atoms with van der Waals surface area (Å²) < 4.78 is 21.5. The predicted molar refractivity (Wildman–Crippen MR) is 285 cm³/mol. The normalized spacial score (nSPS) is 14.9. The Morgan fingerprint density at radius 2 is 1.37 bits per heavy atom. The van der Waals surface area contributed by atoms with E-state index in [1.54, 1.807) is 0 Å². The second kappa shape index (κ2) is 18.9. The van der Waals surface area contributed by atoms with Gasteiger partial charge in [0.15, 0.2) is 0 Å². The zero-order valence-corrected chi connectivity index (χ0v) is 44.0. The van der Waals surface area contributed by atoms with Crippen LogP contribution in [-0.4, -0.2) is 27.8 Å². The summed E-state index contributed by atoms with van der Waals surface area (Å²) >= 11 is -2.23. The van der Waals surface area contributed by atoms with E-state index in [2.05, 4.69) is 192 Å². The summed E-state index contributed by atoms with van der Waals surface area (Å²) in [6.45, 7) is 4.65. The van der Waals surface area contributed by atoms with E-state index < -0.39 is 19.6 Å². The van der Waals surface area contributed by atoms with Crippen molar-refractivity contribution in [3.63, 3.8) is 0 Å². The quantitative estimate of drug-likeness (QED) is 0.118. The molecular formula is C63H57GeIrN3-2. The Bertz CT molecular complexity index is 3530. The Kier molecular flexibility index (Phi) is 12.0. The van der Waals surface area contributed by atoms with E-state index in [4.69, 9.17) is 7.73 Å². The van der Waals surface area contributed by atoms with Gasteiger partial charge in [0, 0.05) is 31.2 Å². The summed E-state index contributed by atoms with van der Waals surface area (Å²) in [5, 5.41) is 4.80. The van der Waals surface area contributed by atoms with E-state index >= 15 is 0 Å². The van der Waals surface area contributed by atoms with Crippen molar-refractivity contribution in [2.24, 2.45) is 5.92 Å². The third-order valence-corrected chi connectivity index (χ3v) is 18.4. The average molecular weight is 1120 g/mol. The van der Waals surface area contributed by atoms with Gasteiger partial charge in [-0.3, -0.25) is 4.98 Å². The number of aromatic nitrogens is 3. The first kappa shape index (κ1) is 43.4. The van der Waals surface area contributed by atoms with E-state index in [0.29, 0.717) is 0 Å². The molecule has 1 fully saturated rings. The first-order valence-corrected chi connectivity index (χ1v) is 31.3. The molecule has 339 valence electrons. The maximum Gasteiger partial charge on any atom is 0 e. The molecule has 0 amide bonds. The van der Waals surface area contributed by atoms with Gasteiger partial charge in [0.25, 0.3) is 0 Å². The molecule has 2 aliphatic rings. The second-order valence-corrected chi connectivity index (χ2v) is 30.6. The van der Waals surface area contributed by atoms with Gasteiger partial charge in [0.2, 0.25) is 0 Å². The molecule has 5 heteroatoms. The summed E-state index contributed by atoms with van der Waals surface area (Å²) in [6.07, 6.45) is 6.24. The summed E-state index contributed by atoms with van der Waals surface area (Å²) in [6, 6.07) is 67.1. The van der Waals surface area contributed by atoms with Crippen LogP contribution in [0.4, 0.5) is 0 Å². The first-order chi connectivity index (χ1) is 33.4. The fourth-order valence-electron chi connectivity index (χ4n) is 10.6. The molecule has 2 heterocycles. The van der Waals surface area contributed by atoms with Crippen molar-refractivity contribution in [3.8, 4) is 50.6 Å². The number of nitrogens with zero attached hydrogens (tertiary/aromatic N) is 3. The monoisotopic (exact) mass is 1120 g/mol. The predicted octanol–water partition coefficient (Wildman–Crippen LogP) is 16.0. The third kappa shape index (κ3) is 8.72. The number of rotatable bonds is 7. The van der Waals surface area contributed by atoms with Crippen molar-refractivity contribution < 1.29 is 22.8 Å². The van der Waals surface area contributed by atoms with Crippen LogP contribution in [0.2, 0.25) is 17.3 Å². The number of hydrogen-bond donors (Lipinski definition) is 0. The van der Waals surface area contributed by atoms with Crippen LogP contribution < -0.4 is 4.40 Å². The van der Waals surface area contributed by atoms with Crippen LogP contribution in [0, 0.1) is 18.1 Å². The fraction of sp³-hybridized carbons (Fsp3) is 0.206.